The van der Waals surface area contributed by atoms with Crippen LogP contribution >= 0.6 is 11.3 Å². The number of nitrogens with zero attached hydrogens (tertiary/aromatic N) is 6. The third kappa shape index (κ3) is 3.03. The molecular weight excluding hydrogens is 450 g/mol. The Bertz CT molecular complexity index is 1340. The fourth-order valence-electron chi connectivity index (χ4n) is 8.17. The Morgan fingerprint density at radius 3 is 2.76 bits per heavy atom. The number of nitrogens with one attached hydrogen (secondary N) is 1. The number of hydrogen-bond donors (Lipinski definition) is 1. The first kappa shape index (κ1) is 20.7. The minimum Gasteiger partial charge on any atom is -0.273 e. The topological polar surface area (TPSA) is 108 Å². The molecule has 8 rings (SSSR count). The van der Waals surface area contributed by atoms with Gasteiger partial charge in [-0.15, -0.1) is 21.5 Å². The van der Waals surface area contributed by atoms with Crippen molar-refractivity contribution >= 4 is 27.5 Å². The van der Waals surface area contributed by atoms with E-state index in [4.69, 9.17) is 4.98 Å². The molecule has 0 unspecified atom stereocenters. The van der Waals surface area contributed by atoms with E-state index in [1.807, 2.05) is 4.80 Å². The fraction of sp³-hybridized carbons (Fsp3) is 0.667. The van der Waals surface area contributed by atoms with Gasteiger partial charge in [0, 0.05) is 11.3 Å². The largest absolute Gasteiger partial charge is 0.281 e. The van der Waals surface area contributed by atoms with Crippen molar-refractivity contribution in [2.45, 2.75) is 83.1 Å². The first-order valence-electron chi connectivity index (χ1n) is 12.5. The molecule has 0 saturated heterocycles. The standard InChI is InChI=1S/C24H29N7O2S/c1-14-27-21-20(17-4-2-3-5-18(17)34-21)22(33)30(14)28-19(32)11-23-7-15-6-16(8-23)10-24(9-15,12-23)31-26-13-25-29-31/h13,15-16H,2-12H2,1H3,(H,28,32)/t15-,16-,23?,24?/m0/s1. The molecule has 3 aromatic heterocycles. The molecule has 0 aliphatic heterocycles. The summed E-state index contributed by atoms with van der Waals surface area (Å²) in [6, 6.07) is 0. The van der Waals surface area contributed by atoms with Crippen LogP contribution in [0, 0.1) is 24.2 Å². The molecule has 0 aromatic carbocycles. The first-order chi connectivity index (χ1) is 16.4. The Labute approximate surface area is 200 Å². The lowest BCUT2D eigenvalue weighted by Gasteiger charge is -2.61. The minimum absolute atomic E-state index is 0.0710. The molecule has 1 amide bonds. The van der Waals surface area contributed by atoms with E-state index in [1.165, 1.54) is 28.7 Å². The smallest absolute Gasteiger partial charge is 0.273 e. The summed E-state index contributed by atoms with van der Waals surface area (Å²) in [4.78, 5) is 35.5. The maximum absolute atomic E-state index is 13.5. The third-order valence-electron chi connectivity index (χ3n) is 8.85. The normalized spacial score (nSPS) is 31.7. The van der Waals surface area contributed by atoms with E-state index in [9.17, 15) is 9.59 Å². The Morgan fingerprint density at radius 1 is 1.21 bits per heavy atom. The van der Waals surface area contributed by atoms with Gasteiger partial charge in [-0.1, -0.05) is 0 Å². The average molecular weight is 480 g/mol. The number of carbonyl (C=O) groups is 1. The van der Waals surface area contributed by atoms with Crippen LogP contribution in [0.4, 0.5) is 0 Å². The maximum Gasteiger partial charge on any atom is 0.281 e. The minimum atomic E-state index is -0.135. The Morgan fingerprint density at radius 2 is 2.00 bits per heavy atom. The summed E-state index contributed by atoms with van der Waals surface area (Å²) in [7, 11) is 0. The van der Waals surface area contributed by atoms with E-state index in [-0.39, 0.29) is 22.4 Å². The van der Waals surface area contributed by atoms with Gasteiger partial charge in [0.05, 0.1) is 10.9 Å². The molecular formula is C24H29N7O2S. The molecule has 4 saturated carbocycles. The summed E-state index contributed by atoms with van der Waals surface area (Å²) in [5, 5.41) is 13.3. The van der Waals surface area contributed by atoms with E-state index in [0.29, 0.717) is 29.5 Å². The van der Waals surface area contributed by atoms with Gasteiger partial charge >= 0.3 is 0 Å². The van der Waals surface area contributed by atoms with Crippen molar-refractivity contribution in [1.82, 2.24) is 29.9 Å². The molecule has 3 heterocycles. The van der Waals surface area contributed by atoms with Gasteiger partial charge in [-0.25, -0.2) is 9.66 Å². The Hall–Kier alpha value is -2.62. The Balaban J connectivity index is 1.18. The number of rotatable bonds is 4. The molecule has 0 radical (unpaired) electrons. The second kappa shape index (κ2) is 7.19. The van der Waals surface area contributed by atoms with Gasteiger partial charge in [0.2, 0.25) is 5.91 Å². The van der Waals surface area contributed by atoms with Crippen LogP contribution in [-0.4, -0.2) is 35.8 Å². The SMILES string of the molecule is Cc1nc2sc3c(c2c(=O)n1NC(=O)CC12C[C@@H]4C[C@@H](C1)CC(n1ncnn1)(C4)C2)CCCC3. The van der Waals surface area contributed by atoms with Gasteiger partial charge in [0.1, 0.15) is 10.7 Å². The molecule has 3 aromatic rings. The van der Waals surface area contributed by atoms with Crippen molar-refractivity contribution in [3.8, 4) is 0 Å². The zero-order chi connectivity index (χ0) is 23.1. The number of aryl methyl sites for hydroxylation is 3. The molecule has 178 valence electrons. The van der Waals surface area contributed by atoms with E-state index < -0.39 is 0 Å². The summed E-state index contributed by atoms with van der Waals surface area (Å²) in [5.74, 6) is 1.64. The zero-order valence-electron chi connectivity index (χ0n) is 19.4. The van der Waals surface area contributed by atoms with Crippen LogP contribution in [-0.2, 0) is 23.2 Å². The highest BCUT2D eigenvalue weighted by Crippen LogP contribution is 2.65. The van der Waals surface area contributed by atoms with Crippen LogP contribution in [0.25, 0.3) is 10.2 Å². The molecule has 9 nitrogen and oxygen atoms in total. The van der Waals surface area contributed by atoms with Gasteiger partial charge < -0.3 is 0 Å². The molecule has 5 aliphatic rings. The number of thiophene rings is 1. The van der Waals surface area contributed by atoms with E-state index in [1.54, 1.807) is 18.3 Å². The van der Waals surface area contributed by atoms with Gasteiger partial charge in [0.15, 0.2) is 6.33 Å². The number of amides is 1. The third-order valence-corrected chi connectivity index (χ3v) is 10.0. The predicted molar refractivity (Wildman–Crippen MR) is 127 cm³/mol. The van der Waals surface area contributed by atoms with Gasteiger partial charge in [-0.05, 0) is 99.2 Å². The average Bonchev–Trinajstić information content (AvgIpc) is 3.44. The Kier molecular flexibility index (Phi) is 4.39. The van der Waals surface area contributed by atoms with E-state index in [2.05, 4.69) is 20.8 Å². The van der Waals surface area contributed by atoms with E-state index in [0.717, 1.165) is 61.8 Å². The molecule has 5 aliphatic carbocycles. The van der Waals surface area contributed by atoms with Crippen molar-refractivity contribution in [1.29, 1.82) is 0 Å². The molecule has 2 atom stereocenters. The van der Waals surface area contributed by atoms with Crippen LogP contribution in [0.5, 0.6) is 0 Å². The van der Waals surface area contributed by atoms with Crippen molar-refractivity contribution < 1.29 is 4.79 Å². The van der Waals surface area contributed by atoms with Gasteiger partial charge in [0.25, 0.3) is 5.56 Å². The summed E-state index contributed by atoms with van der Waals surface area (Å²) >= 11 is 1.64. The quantitative estimate of drug-likeness (QED) is 0.616. The van der Waals surface area contributed by atoms with Crippen molar-refractivity contribution in [3.63, 3.8) is 0 Å². The van der Waals surface area contributed by atoms with Crippen LogP contribution in [0.3, 0.4) is 0 Å². The van der Waals surface area contributed by atoms with Crippen molar-refractivity contribution in [2.75, 3.05) is 5.43 Å². The van der Waals surface area contributed by atoms with Crippen LogP contribution in [0.15, 0.2) is 11.1 Å². The summed E-state index contributed by atoms with van der Waals surface area (Å²) in [5.41, 5.74) is 3.77. The highest BCUT2D eigenvalue weighted by molar-refractivity contribution is 7.18. The van der Waals surface area contributed by atoms with Crippen LogP contribution in [0.2, 0.25) is 0 Å². The number of tetrazole rings is 1. The fourth-order valence-corrected chi connectivity index (χ4v) is 9.47. The van der Waals surface area contributed by atoms with Crippen molar-refractivity contribution in [2.24, 2.45) is 17.3 Å². The second-order valence-electron chi connectivity index (χ2n) is 11.3. The summed E-state index contributed by atoms with van der Waals surface area (Å²) in [6.07, 6.45) is 12.6. The van der Waals surface area contributed by atoms with Crippen LogP contribution < -0.4 is 11.0 Å². The van der Waals surface area contributed by atoms with Crippen molar-refractivity contribution in [3.05, 3.63) is 32.9 Å². The molecule has 34 heavy (non-hydrogen) atoms. The lowest BCUT2D eigenvalue weighted by molar-refractivity contribution is -0.136. The monoisotopic (exact) mass is 479 g/mol. The first-order valence-corrected chi connectivity index (χ1v) is 13.3. The lowest BCUT2D eigenvalue weighted by atomic mass is 9.46. The molecule has 4 bridgehead atoms. The van der Waals surface area contributed by atoms with Gasteiger partial charge in [-0.3, -0.25) is 15.0 Å². The number of hydrogen-bond acceptors (Lipinski definition) is 7. The molecule has 1 N–H and O–H groups in total. The van der Waals surface area contributed by atoms with Gasteiger partial charge in [-0.2, -0.15) is 4.80 Å². The number of fused-ring (bicyclic) bond motifs is 3. The van der Waals surface area contributed by atoms with E-state index >= 15 is 0 Å². The van der Waals surface area contributed by atoms with Crippen LogP contribution in [0.1, 0.15) is 74.1 Å². The molecule has 10 heteroatoms. The zero-order valence-corrected chi connectivity index (χ0v) is 20.2. The maximum atomic E-state index is 13.5. The number of carbonyl (C=O) groups excluding carboxylic acids is 1. The number of aromatic nitrogens is 6. The molecule has 0 spiro atoms. The summed E-state index contributed by atoms with van der Waals surface area (Å²) < 4.78 is 1.39. The highest BCUT2D eigenvalue weighted by Gasteiger charge is 2.59. The second-order valence-corrected chi connectivity index (χ2v) is 12.4. The predicted octanol–water partition coefficient (Wildman–Crippen LogP) is 3.09. The summed E-state index contributed by atoms with van der Waals surface area (Å²) in [6.45, 7) is 1.80. The highest BCUT2D eigenvalue weighted by atomic mass is 32.1. The molecule has 4 fully saturated rings. The lowest BCUT2D eigenvalue weighted by Crippen LogP contribution is -2.58.